The molecule has 0 spiro atoms. The number of fused-ring (bicyclic) bond motifs is 2. The highest BCUT2D eigenvalue weighted by molar-refractivity contribution is 5.95. The summed E-state index contributed by atoms with van der Waals surface area (Å²) in [5.74, 6) is 2.08. The van der Waals surface area contributed by atoms with Gasteiger partial charge in [0.05, 0.1) is 11.8 Å². The van der Waals surface area contributed by atoms with Crippen LogP contribution in [0, 0.1) is 24.7 Å². The van der Waals surface area contributed by atoms with E-state index in [9.17, 15) is 9.59 Å². The van der Waals surface area contributed by atoms with Gasteiger partial charge in [-0.2, -0.15) is 0 Å². The van der Waals surface area contributed by atoms with Crippen LogP contribution >= 0.6 is 0 Å². The van der Waals surface area contributed by atoms with Crippen molar-refractivity contribution in [2.45, 2.75) is 64.0 Å². The lowest BCUT2D eigenvalue weighted by Gasteiger charge is -2.45. The van der Waals surface area contributed by atoms with Crippen LogP contribution in [0.25, 0.3) is 0 Å². The molecule has 0 aromatic carbocycles. The summed E-state index contributed by atoms with van der Waals surface area (Å²) in [4.78, 5) is 27.4. The van der Waals surface area contributed by atoms with Crippen LogP contribution in [0.3, 0.4) is 0 Å². The number of carbonyl (C=O) groups is 2. The number of amides is 2. The number of furan rings is 1. The van der Waals surface area contributed by atoms with Crippen LogP contribution in [-0.4, -0.2) is 41.9 Å². The van der Waals surface area contributed by atoms with E-state index in [-0.39, 0.29) is 17.9 Å². The van der Waals surface area contributed by atoms with Crippen LogP contribution in [0.4, 0.5) is 0 Å². The van der Waals surface area contributed by atoms with Crippen LogP contribution in [-0.2, 0) is 4.79 Å². The molecule has 6 nitrogen and oxygen atoms in total. The molecule has 2 aliphatic carbocycles. The highest BCUT2D eigenvalue weighted by Crippen LogP contribution is 2.42. The number of aryl methyl sites for hydroxylation is 1. The van der Waals surface area contributed by atoms with Gasteiger partial charge in [-0.05, 0) is 63.4 Å². The smallest absolute Gasteiger partial charge is 0.255 e. The van der Waals surface area contributed by atoms with E-state index in [0.717, 1.165) is 38.8 Å². The first-order valence-corrected chi connectivity index (χ1v) is 10.4. The Morgan fingerprint density at radius 3 is 2.41 bits per heavy atom. The van der Waals surface area contributed by atoms with Gasteiger partial charge in [0.15, 0.2) is 0 Å². The molecule has 3 N–H and O–H groups in total. The molecule has 2 atom stereocenters. The average molecular weight is 373 g/mol. The number of rotatable bonds is 3. The Hall–Kier alpha value is -1.82. The summed E-state index contributed by atoms with van der Waals surface area (Å²) in [5.41, 5.74) is 6.96. The minimum absolute atomic E-state index is 0.0832. The van der Waals surface area contributed by atoms with Crippen LogP contribution in [0.5, 0.6) is 0 Å². The fourth-order valence-electron chi connectivity index (χ4n) is 5.38. The van der Waals surface area contributed by atoms with Gasteiger partial charge in [-0.15, -0.1) is 0 Å². The number of hydrogen-bond acceptors (Lipinski definition) is 4. The van der Waals surface area contributed by atoms with Crippen molar-refractivity contribution in [2.24, 2.45) is 23.5 Å². The summed E-state index contributed by atoms with van der Waals surface area (Å²) in [5, 5.41) is 3.09. The number of nitrogens with one attached hydrogen (secondary N) is 1. The van der Waals surface area contributed by atoms with E-state index >= 15 is 0 Å². The predicted octanol–water partition coefficient (Wildman–Crippen LogP) is 2.46. The zero-order valence-electron chi connectivity index (χ0n) is 16.2. The fourth-order valence-corrected chi connectivity index (χ4v) is 5.38. The molecule has 2 bridgehead atoms. The van der Waals surface area contributed by atoms with E-state index in [2.05, 4.69) is 5.32 Å². The Bertz CT molecular complexity index is 679. The summed E-state index contributed by atoms with van der Waals surface area (Å²) >= 11 is 0. The lowest BCUT2D eigenvalue weighted by molar-refractivity contribution is -0.139. The van der Waals surface area contributed by atoms with E-state index in [0.29, 0.717) is 35.1 Å². The maximum absolute atomic E-state index is 13.0. The number of carbonyl (C=O) groups excluding carboxylic acids is 2. The monoisotopic (exact) mass is 373 g/mol. The molecule has 0 radical (unpaired) electrons. The van der Waals surface area contributed by atoms with E-state index in [1.807, 2.05) is 4.90 Å². The molecule has 3 aliphatic rings. The third-order valence-corrected chi connectivity index (χ3v) is 7.01. The zero-order chi connectivity index (χ0) is 19.0. The van der Waals surface area contributed by atoms with Crippen molar-refractivity contribution in [1.29, 1.82) is 0 Å². The second kappa shape index (κ2) is 7.66. The molecule has 6 heteroatoms. The van der Waals surface area contributed by atoms with Gasteiger partial charge in [0, 0.05) is 31.1 Å². The molecule has 2 saturated carbocycles. The summed E-state index contributed by atoms with van der Waals surface area (Å²) in [6.45, 7) is 3.25. The Morgan fingerprint density at radius 2 is 1.81 bits per heavy atom. The zero-order valence-corrected chi connectivity index (χ0v) is 16.2. The Labute approximate surface area is 160 Å². The Morgan fingerprint density at radius 1 is 1.15 bits per heavy atom. The maximum atomic E-state index is 13.0. The lowest BCUT2D eigenvalue weighted by Crippen LogP contribution is -2.52. The normalized spacial score (nSPS) is 31.6. The largest absolute Gasteiger partial charge is 0.469 e. The SMILES string of the molecule is Cc1occc1C(=O)NC1CCN(C(=O)C2CC3CCCC(C2)C3N)CC1. The molecule has 2 amide bonds. The third kappa shape index (κ3) is 3.77. The van der Waals surface area contributed by atoms with Crippen molar-refractivity contribution >= 4 is 11.8 Å². The molecule has 4 rings (SSSR count). The quantitative estimate of drug-likeness (QED) is 0.852. The van der Waals surface area contributed by atoms with Gasteiger partial charge in [0.25, 0.3) is 5.91 Å². The Kier molecular flexibility index (Phi) is 5.26. The summed E-state index contributed by atoms with van der Waals surface area (Å²) in [7, 11) is 0. The first kappa shape index (κ1) is 18.5. The highest BCUT2D eigenvalue weighted by atomic mass is 16.3. The van der Waals surface area contributed by atoms with E-state index in [4.69, 9.17) is 10.2 Å². The molecular formula is C21H31N3O3. The van der Waals surface area contributed by atoms with Crippen molar-refractivity contribution in [3.05, 3.63) is 23.7 Å². The Balaban J connectivity index is 1.28. The molecule has 148 valence electrons. The number of hydrogen-bond donors (Lipinski definition) is 2. The van der Waals surface area contributed by atoms with E-state index in [1.54, 1.807) is 13.0 Å². The highest BCUT2D eigenvalue weighted by Gasteiger charge is 2.42. The molecule has 2 unspecified atom stereocenters. The summed E-state index contributed by atoms with van der Waals surface area (Å²) < 4.78 is 5.21. The molecule has 1 aromatic heterocycles. The summed E-state index contributed by atoms with van der Waals surface area (Å²) in [6.07, 6.45) is 8.73. The molecule has 1 saturated heterocycles. The van der Waals surface area contributed by atoms with Gasteiger partial charge in [-0.3, -0.25) is 9.59 Å². The average Bonchev–Trinajstić information content (AvgIpc) is 3.08. The fraction of sp³-hybridized carbons (Fsp3) is 0.714. The minimum Gasteiger partial charge on any atom is -0.469 e. The van der Waals surface area contributed by atoms with Crippen LogP contribution in [0.15, 0.2) is 16.7 Å². The van der Waals surface area contributed by atoms with Gasteiger partial charge < -0.3 is 20.4 Å². The van der Waals surface area contributed by atoms with Crippen molar-refractivity contribution in [2.75, 3.05) is 13.1 Å². The summed E-state index contributed by atoms with van der Waals surface area (Å²) in [6, 6.07) is 2.12. The van der Waals surface area contributed by atoms with Gasteiger partial charge in [-0.25, -0.2) is 0 Å². The second-order valence-corrected chi connectivity index (χ2v) is 8.66. The van der Waals surface area contributed by atoms with Crippen LogP contribution < -0.4 is 11.1 Å². The van der Waals surface area contributed by atoms with Crippen molar-refractivity contribution < 1.29 is 14.0 Å². The molecular weight excluding hydrogens is 342 g/mol. The third-order valence-electron chi connectivity index (χ3n) is 7.01. The molecule has 27 heavy (non-hydrogen) atoms. The van der Waals surface area contributed by atoms with Gasteiger partial charge >= 0.3 is 0 Å². The van der Waals surface area contributed by atoms with Crippen molar-refractivity contribution in [3.63, 3.8) is 0 Å². The van der Waals surface area contributed by atoms with Gasteiger partial charge in [0.1, 0.15) is 5.76 Å². The lowest BCUT2D eigenvalue weighted by atomic mass is 9.65. The van der Waals surface area contributed by atoms with Crippen molar-refractivity contribution in [3.8, 4) is 0 Å². The van der Waals surface area contributed by atoms with E-state index < -0.39 is 0 Å². The van der Waals surface area contributed by atoms with Gasteiger partial charge in [-0.1, -0.05) is 6.42 Å². The first-order valence-electron chi connectivity index (χ1n) is 10.4. The van der Waals surface area contributed by atoms with Crippen molar-refractivity contribution in [1.82, 2.24) is 10.2 Å². The predicted molar refractivity (Wildman–Crippen MR) is 102 cm³/mol. The molecule has 3 fully saturated rings. The van der Waals surface area contributed by atoms with Gasteiger partial charge in [0.2, 0.25) is 5.91 Å². The molecule has 1 aromatic rings. The number of nitrogens with zero attached hydrogens (tertiary/aromatic N) is 1. The molecule has 1 aliphatic heterocycles. The maximum Gasteiger partial charge on any atom is 0.255 e. The number of nitrogens with two attached hydrogens (primary N) is 1. The first-order chi connectivity index (χ1) is 13.0. The standard InChI is InChI=1S/C21H31N3O3/c1-13-18(7-10-27-13)20(25)23-17-5-8-24(9-6-17)21(26)16-11-14-3-2-4-15(12-16)19(14)22/h7,10,14-17,19H,2-6,8-9,11-12,22H2,1H3,(H,23,25). The number of piperidine rings is 1. The minimum atomic E-state index is -0.0832. The number of likely N-dealkylation sites (tertiary alicyclic amines) is 1. The second-order valence-electron chi connectivity index (χ2n) is 8.66. The van der Waals surface area contributed by atoms with Crippen LogP contribution in [0.1, 0.15) is 61.1 Å². The van der Waals surface area contributed by atoms with E-state index in [1.165, 1.54) is 25.5 Å². The van der Waals surface area contributed by atoms with Crippen LogP contribution in [0.2, 0.25) is 0 Å². The molecule has 2 heterocycles. The topological polar surface area (TPSA) is 88.6 Å².